The monoisotopic (exact) mass is 673 g/mol. The standard InChI is InChI=1S/C37H47N5O5S/c1-39(2)48(45,46)38-36(43)34-29-21-41-30(18-28-31(47-4)17-16-25(35(28)41)22-10-6-5-7-11-22)32-26(33(29)34)14-9-15-27(32)37(44)42-23-12-8-13-24(42)20-40(3)19-23/h9,14,16-18,22-24,27,32H,5-8,10-13,15,19-21H2,1-4H3,(H,38,43)/t23?,24?,27-,32?/m1/s1. The number of piperazine rings is 1. The van der Waals surface area contributed by atoms with Crippen molar-refractivity contribution in [3.63, 3.8) is 0 Å². The number of piperidine rings is 1. The molecule has 6 aliphatic rings. The van der Waals surface area contributed by atoms with Crippen LogP contribution in [0, 0.1) is 5.92 Å². The predicted octanol–water partition coefficient (Wildman–Crippen LogP) is 4.60. The van der Waals surface area contributed by atoms with Crippen molar-refractivity contribution in [1.82, 2.24) is 23.4 Å². The number of methoxy groups -OCH3 is 1. The molecule has 4 atom stereocenters. The van der Waals surface area contributed by atoms with E-state index in [0.717, 1.165) is 88.6 Å². The molecular formula is C37H47N5O5S. The summed E-state index contributed by atoms with van der Waals surface area (Å²) in [6.07, 6.45) is 13.9. The minimum Gasteiger partial charge on any atom is -0.496 e. The van der Waals surface area contributed by atoms with Crippen LogP contribution in [0.5, 0.6) is 5.75 Å². The van der Waals surface area contributed by atoms with E-state index in [0.29, 0.717) is 24.5 Å². The number of hydrogen-bond acceptors (Lipinski definition) is 6. The first-order chi connectivity index (χ1) is 23.1. The van der Waals surface area contributed by atoms with Gasteiger partial charge >= 0.3 is 10.2 Å². The largest absolute Gasteiger partial charge is 0.496 e. The second kappa shape index (κ2) is 11.9. The molecule has 2 amide bonds. The van der Waals surface area contributed by atoms with Crippen molar-refractivity contribution in [2.45, 2.75) is 88.3 Å². The molecule has 0 radical (unpaired) electrons. The van der Waals surface area contributed by atoms with E-state index in [1.54, 1.807) is 7.11 Å². The Morgan fingerprint density at radius 3 is 2.42 bits per heavy atom. The molecule has 2 aromatic rings. The van der Waals surface area contributed by atoms with E-state index in [1.165, 1.54) is 38.9 Å². The second-order valence-electron chi connectivity index (χ2n) is 14.9. The summed E-state index contributed by atoms with van der Waals surface area (Å²) in [7, 11) is 2.70. The number of carbonyl (C=O) groups excluding carboxylic acids is 2. The quantitative estimate of drug-likeness (QED) is 0.481. The van der Waals surface area contributed by atoms with Gasteiger partial charge in [-0.05, 0) is 85.9 Å². The van der Waals surface area contributed by atoms with Gasteiger partial charge in [0, 0.05) is 62.8 Å². The van der Waals surface area contributed by atoms with Crippen molar-refractivity contribution < 1.29 is 22.7 Å². The molecule has 3 unspecified atom stereocenters. The number of benzene rings is 1. The van der Waals surface area contributed by atoms with Crippen molar-refractivity contribution in [1.29, 1.82) is 0 Å². The van der Waals surface area contributed by atoms with E-state index in [9.17, 15) is 18.0 Å². The van der Waals surface area contributed by atoms with Gasteiger partial charge in [0.05, 0.1) is 24.1 Å². The Morgan fingerprint density at radius 2 is 1.73 bits per heavy atom. The number of rotatable bonds is 6. The molecule has 10 nitrogen and oxygen atoms in total. The summed E-state index contributed by atoms with van der Waals surface area (Å²) in [6, 6.07) is 6.97. The van der Waals surface area contributed by atoms with Gasteiger partial charge in [-0.2, -0.15) is 12.7 Å². The molecule has 2 saturated heterocycles. The van der Waals surface area contributed by atoms with Gasteiger partial charge in [0.1, 0.15) is 5.75 Å². The van der Waals surface area contributed by atoms with E-state index < -0.39 is 16.1 Å². The topological polar surface area (TPSA) is 104 Å². The van der Waals surface area contributed by atoms with Gasteiger partial charge in [-0.3, -0.25) is 9.59 Å². The van der Waals surface area contributed by atoms with Crippen molar-refractivity contribution in [3.8, 4) is 5.75 Å². The first kappa shape index (κ1) is 31.8. The maximum Gasteiger partial charge on any atom is 0.303 e. The van der Waals surface area contributed by atoms with Gasteiger partial charge in [0.25, 0.3) is 5.91 Å². The third-order valence-electron chi connectivity index (χ3n) is 11.9. The van der Waals surface area contributed by atoms with Gasteiger partial charge < -0.3 is 19.1 Å². The van der Waals surface area contributed by atoms with E-state index >= 15 is 0 Å². The van der Waals surface area contributed by atoms with Crippen molar-refractivity contribution in [2.75, 3.05) is 41.3 Å². The summed E-state index contributed by atoms with van der Waals surface area (Å²) in [5.74, 6) is 0.218. The zero-order valence-corrected chi connectivity index (χ0v) is 29.3. The number of ether oxygens (including phenoxy) is 1. The molecule has 3 aliphatic carbocycles. The highest BCUT2D eigenvalue weighted by Crippen LogP contribution is 2.55. The van der Waals surface area contributed by atoms with Crippen LogP contribution in [0.2, 0.25) is 0 Å². The van der Waals surface area contributed by atoms with Gasteiger partial charge in [-0.1, -0.05) is 37.5 Å². The maximum atomic E-state index is 14.9. The summed E-state index contributed by atoms with van der Waals surface area (Å²) in [4.78, 5) is 33.2. The Morgan fingerprint density at radius 1 is 1.00 bits per heavy atom. The normalized spacial score (nSPS) is 27.5. The molecule has 1 aromatic carbocycles. The van der Waals surface area contributed by atoms with Crippen LogP contribution in [-0.2, 0) is 26.3 Å². The van der Waals surface area contributed by atoms with E-state index in [4.69, 9.17) is 4.74 Å². The number of hydrogen-bond donors (Lipinski definition) is 1. The number of allylic oxidation sites excluding steroid dienone is 4. The smallest absolute Gasteiger partial charge is 0.303 e. The lowest BCUT2D eigenvalue weighted by molar-refractivity contribution is -0.147. The molecule has 11 heteroatoms. The first-order valence-corrected chi connectivity index (χ1v) is 19.1. The Kier molecular flexibility index (Phi) is 7.88. The van der Waals surface area contributed by atoms with Crippen LogP contribution in [0.4, 0.5) is 0 Å². The molecule has 48 heavy (non-hydrogen) atoms. The van der Waals surface area contributed by atoms with Gasteiger partial charge in [0.15, 0.2) is 0 Å². The van der Waals surface area contributed by atoms with Crippen LogP contribution in [0.1, 0.15) is 80.9 Å². The third-order valence-corrected chi connectivity index (χ3v) is 13.3. The van der Waals surface area contributed by atoms with Gasteiger partial charge in [0.2, 0.25) is 5.91 Å². The number of likely N-dealkylation sites (tertiary alicyclic amines) is 1. The van der Waals surface area contributed by atoms with Crippen molar-refractivity contribution in [2.24, 2.45) is 5.92 Å². The Bertz CT molecular complexity index is 1890. The molecule has 3 fully saturated rings. The number of carbonyl (C=O) groups is 2. The highest BCUT2D eigenvalue weighted by atomic mass is 32.2. The van der Waals surface area contributed by atoms with Crippen molar-refractivity contribution in [3.05, 3.63) is 63.9 Å². The van der Waals surface area contributed by atoms with E-state index in [-0.39, 0.29) is 29.8 Å². The lowest BCUT2D eigenvalue weighted by Gasteiger charge is -2.51. The van der Waals surface area contributed by atoms with Crippen LogP contribution in [0.15, 0.2) is 52.6 Å². The van der Waals surface area contributed by atoms with E-state index in [2.05, 4.69) is 56.5 Å². The summed E-state index contributed by atoms with van der Waals surface area (Å²) in [6.45, 7) is 2.23. The molecule has 0 spiro atoms. The van der Waals surface area contributed by atoms with Crippen LogP contribution >= 0.6 is 0 Å². The number of nitrogens with one attached hydrogen (secondary N) is 1. The Hall–Kier alpha value is -3.41. The summed E-state index contributed by atoms with van der Waals surface area (Å²) < 4.78 is 37.1. The van der Waals surface area contributed by atoms with Crippen LogP contribution in [0.25, 0.3) is 10.9 Å². The molecule has 1 N–H and O–H groups in total. The fraction of sp³-hybridized carbons (Fsp3) is 0.568. The molecule has 8 rings (SSSR count). The SMILES string of the molecule is COc1ccc(C2CCCCC2)c2c1cc1n2CC2=C(C(=O)NS(=O)(=O)N(C)C)C2=C2C=CC[C@@H](C(=O)N3C4CCCC3CN(C)C4)C21. The summed E-state index contributed by atoms with van der Waals surface area (Å²) in [5.41, 5.74) is 6.55. The van der Waals surface area contributed by atoms with Gasteiger partial charge in [-0.25, -0.2) is 4.72 Å². The molecule has 256 valence electrons. The Labute approximate surface area is 283 Å². The van der Waals surface area contributed by atoms with Gasteiger partial charge in [-0.15, -0.1) is 0 Å². The average molecular weight is 674 g/mol. The lowest BCUT2D eigenvalue weighted by Crippen LogP contribution is -2.63. The van der Waals surface area contributed by atoms with E-state index in [1.807, 2.05) is 0 Å². The molecule has 1 aromatic heterocycles. The maximum absolute atomic E-state index is 14.9. The zero-order chi connectivity index (χ0) is 33.5. The number of amides is 2. The minimum atomic E-state index is -3.98. The van der Waals surface area contributed by atoms with Crippen LogP contribution in [0.3, 0.4) is 0 Å². The fourth-order valence-corrected chi connectivity index (χ4v) is 10.2. The summed E-state index contributed by atoms with van der Waals surface area (Å²) in [5, 5.41) is 1.04. The highest BCUT2D eigenvalue weighted by Gasteiger charge is 2.50. The number of aromatic nitrogens is 1. The number of nitrogens with zero attached hydrogens (tertiary/aromatic N) is 4. The van der Waals surface area contributed by atoms with Crippen molar-refractivity contribution >= 4 is 32.9 Å². The lowest BCUT2D eigenvalue weighted by atomic mass is 9.75. The second-order valence-corrected chi connectivity index (χ2v) is 16.8. The van der Waals surface area contributed by atoms with Crippen LogP contribution in [-0.4, -0.2) is 92.3 Å². The number of likely N-dealkylation sites (N-methyl/N-ethyl adjacent to an activating group) is 1. The van der Waals surface area contributed by atoms with Crippen LogP contribution < -0.4 is 9.46 Å². The molecule has 1 saturated carbocycles. The molecule has 2 bridgehead atoms. The summed E-state index contributed by atoms with van der Waals surface area (Å²) >= 11 is 0. The zero-order valence-electron chi connectivity index (χ0n) is 28.5. The molecular weight excluding hydrogens is 627 g/mol. The predicted molar refractivity (Wildman–Crippen MR) is 185 cm³/mol. The fourth-order valence-electron chi connectivity index (χ4n) is 9.64. The average Bonchev–Trinajstić information content (AvgIpc) is 3.69. The number of fused-ring (bicyclic) bond motifs is 8. The minimum absolute atomic E-state index is 0.201. The molecule has 4 heterocycles. The highest BCUT2D eigenvalue weighted by molar-refractivity contribution is 7.87. The molecule has 3 aliphatic heterocycles. The first-order valence-electron chi connectivity index (χ1n) is 17.7. The Balaban J connectivity index is 1.30. The third kappa shape index (κ3) is 5.07.